The first-order valence-corrected chi connectivity index (χ1v) is 8.82. The van der Waals surface area contributed by atoms with Gasteiger partial charge in [-0.2, -0.15) is 0 Å². The highest BCUT2D eigenvalue weighted by Crippen LogP contribution is 2.31. The lowest BCUT2D eigenvalue weighted by Crippen LogP contribution is -2.49. The molecule has 2 amide bonds. The van der Waals surface area contributed by atoms with Gasteiger partial charge < -0.3 is 5.32 Å². The molecule has 1 saturated heterocycles. The third-order valence-corrected chi connectivity index (χ3v) is 5.72. The van der Waals surface area contributed by atoms with Crippen LogP contribution >= 0.6 is 0 Å². The molecule has 21 heavy (non-hydrogen) atoms. The van der Waals surface area contributed by atoms with Crippen LogP contribution in [0.2, 0.25) is 0 Å². The molecular formula is C17H28N2O2. The normalized spacial score (nSPS) is 34.9. The molecule has 118 valence electrons. The first-order valence-electron chi connectivity index (χ1n) is 8.82. The number of imide groups is 1. The second-order valence-corrected chi connectivity index (χ2v) is 7.02. The van der Waals surface area contributed by atoms with E-state index in [9.17, 15) is 9.59 Å². The van der Waals surface area contributed by atoms with Crippen LogP contribution in [-0.4, -0.2) is 34.8 Å². The van der Waals surface area contributed by atoms with E-state index in [0.717, 1.165) is 32.1 Å². The van der Waals surface area contributed by atoms with E-state index >= 15 is 0 Å². The number of rotatable bonds is 4. The fourth-order valence-corrected chi connectivity index (χ4v) is 4.50. The van der Waals surface area contributed by atoms with Crippen LogP contribution in [0.5, 0.6) is 0 Å². The molecule has 0 aromatic carbocycles. The van der Waals surface area contributed by atoms with E-state index in [1.165, 1.54) is 25.7 Å². The molecule has 0 aromatic heterocycles. The topological polar surface area (TPSA) is 49.4 Å². The molecule has 3 unspecified atom stereocenters. The highest BCUT2D eigenvalue weighted by molar-refractivity contribution is 6.05. The second-order valence-electron chi connectivity index (χ2n) is 7.02. The number of carbonyl (C=O) groups is 2. The number of carbonyl (C=O) groups excluding carboxylic acids is 2. The Morgan fingerprint density at radius 3 is 2.43 bits per heavy atom. The van der Waals surface area contributed by atoms with Crippen molar-refractivity contribution in [2.24, 2.45) is 5.92 Å². The van der Waals surface area contributed by atoms with Gasteiger partial charge in [-0.3, -0.25) is 14.5 Å². The predicted molar refractivity (Wildman–Crippen MR) is 81.7 cm³/mol. The summed E-state index contributed by atoms with van der Waals surface area (Å²) in [7, 11) is 0. The minimum absolute atomic E-state index is 0.0485. The van der Waals surface area contributed by atoms with Crippen LogP contribution in [-0.2, 0) is 9.59 Å². The molecule has 0 radical (unpaired) electrons. The maximum Gasteiger partial charge on any atom is 0.247 e. The maximum atomic E-state index is 12.6. The van der Waals surface area contributed by atoms with E-state index in [2.05, 4.69) is 12.2 Å². The van der Waals surface area contributed by atoms with E-state index in [1.54, 1.807) is 4.90 Å². The van der Waals surface area contributed by atoms with Gasteiger partial charge in [-0.05, 0) is 31.6 Å². The Hall–Kier alpha value is -0.900. The first kappa shape index (κ1) is 15.0. The fourth-order valence-electron chi connectivity index (χ4n) is 4.50. The Labute approximate surface area is 127 Å². The van der Waals surface area contributed by atoms with Crippen molar-refractivity contribution in [3.05, 3.63) is 0 Å². The Kier molecular flexibility index (Phi) is 4.63. The number of nitrogens with zero attached hydrogens (tertiary/aromatic N) is 1. The zero-order chi connectivity index (χ0) is 14.8. The smallest absolute Gasteiger partial charge is 0.247 e. The van der Waals surface area contributed by atoms with Gasteiger partial charge in [0.1, 0.15) is 0 Å². The van der Waals surface area contributed by atoms with Gasteiger partial charge >= 0.3 is 0 Å². The Morgan fingerprint density at radius 2 is 1.71 bits per heavy atom. The van der Waals surface area contributed by atoms with Crippen LogP contribution in [0.3, 0.4) is 0 Å². The molecular weight excluding hydrogens is 264 g/mol. The lowest BCUT2D eigenvalue weighted by molar-refractivity contribution is -0.141. The highest BCUT2D eigenvalue weighted by atomic mass is 16.2. The van der Waals surface area contributed by atoms with Crippen LogP contribution < -0.4 is 5.32 Å². The van der Waals surface area contributed by atoms with Crippen LogP contribution in [0.25, 0.3) is 0 Å². The molecule has 4 heteroatoms. The summed E-state index contributed by atoms with van der Waals surface area (Å²) in [4.78, 5) is 26.4. The zero-order valence-electron chi connectivity index (χ0n) is 13.1. The van der Waals surface area contributed by atoms with Gasteiger partial charge in [0.2, 0.25) is 11.8 Å². The molecule has 3 atom stereocenters. The summed E-state index contributed by atoms with van der Waals surface area (Å²) >= 11 is 0. The molecule has 3 aliphatic rings. The number of amides is 2. The third-order valence-electron chi connectivity index (χ3n) is 5.72. The summed E-state index contributed by atoms with van der Waals surface area (Å²) in [5.74, 6) is 0.766. The van der Waals surface area contributed by atoms with Gasteiger partial charge in [0.15, 0.2) is 0 Å². The number of hydrogen-bond donors (Lipinski definition) is 1. The van der Waals surface area contributed by atoms with Crippen LogP contribution in [0.15, 0.2) is 0 Å². The Bertz CT molecular complexity index is 404. The number of nitrogens with one attached hydrogen (secondary N) is 1. The number of likely N-dealkylation sites (tertiary alicyclic amines) is 1. The van der Waals surface area contributed by atoms with Crippen molar-refractivity contribution >= 4 is 11.8 Å². The van der Waals surface area contributed by atoms with E-state index in [1.807, 2.05) is 0 Å². The summed E-state index contributed by atoms with van der Waals surface area (Å²) in [6, 6.07) is 0.356. The lowest BCUT2D eigenvalue weighted by atomic mass is 9.82. The van der Waals surface area contributed by atoms with E-state index in [0.29, 0.717) is 18.4 Å². The number of hydrogen-bond acceptors (Lipinski definition) is 3. The van der Waals surface area contributed by atoms with Crippen molar-refractivity contribution in [1.82, 2.24) is 10.2 Å². The summed E-state index contributed by atoms with van der Waals surface area (Å²) in [6.07, 6.45) is 10.8. The summed E-state index contributed by atoms with van der Waals surface area (Å²) < 4.78 is 0. The van der Waals surface area contributed by atoms with Crippen LogP contribution in [0, 0.1) is 5.92 Å². The SMILES string of the molecule is CCC1CCCCC1NC1CC(=O)N(C2CCCC2)C1=O. The minimum atomic E-state index is -0.254. The van der Waals surface area contributed by atoms with Gasteiger partial charge in [0.25, 0.3) is 0 Å². The molecule has 3 rings (SSSR count). The van der Waals surface area contributed by atoms with Crippen molar-refractivity contribution in [3.63, 3.8) is 0 Å². The Morgan fingerprint density at radius 1 is 1.05 bits per heavy atom. The van der Waals surface area contributed by atoms with Gasteiger partial charge in [-0.25, -0.2) is 0 Å². The third kappa shape index (κ3) is 3.01. The van der Waals surface area contributed by atoms with Gasteiger partial charge in [0, 0.05) is 12.1 Å². The standard InChI is InChI=1S/C17H28N2O2/c1-2-12-7-3-6-10-14(12)18-15-11-16(20)19(17(15)21)13-8-4-5-9-13/h12-15,18H,2-11H2,1H3. The van der Waals surface area contributed by atoms with Crippen molar-refractivity contribution < 1.29 is 9.59 Å². The molecule has 2 saturated carbocycles. The van der Waals surface area contributed by atoms with E-state index < -0.39 is 0 Å². The molecule has 0 spiro atoms. The van der Waals surface area contributed by atoms with Crippen LogP contribution in [0.1, 0.15) is 71.1 Å². The molecule has 3 fully saturated rings. The molecule has 1 aliphatic heterocycles. The summed E-state index contributed by atoms with van der Waals surface area (Å²) in [6.45, 7) is 2.23. The molecule has 2 aliphatic carbocycles. The molecule has 1 N–H and O–H groups in total. The highest BCUT2D eigenvalue weighted by Gasteiger charge is 2.44. The van der Waals surface area contributed by atoms with Crippen molar-refractivity contribution in [1.29, 1.82) is 0 Å². The van der Waals surface area contributed by atoms with Gasteiger partial charge in [0.05, 0.1) is 12.5 Å². The molecule has 0 bridgehead atoms. The van der Waals surface area contributed by atoms with Gasteiger partial charge in [-0.1, -0.05) is 39.0 Å². The largest absolute Gasteiger partial charge is 0.302 e. The van der Waals surface area contributed by atoms with Crippen LogP contribution in [0.4, 0.5) is 0 Å². The average Bonchev–Trinajstić information content (AvgIpc) is 3.09. The summed E-state index contributed by atoms with van der Waals surface area (Å²) in [5.41, 5.74) is 0. The zero-order valence-corrected chi connectivity index (χ0v) is 13.1. The van der Waals surface area contributed by atoms with Gasteiger partial charge in [-0.15, -0.1) is 0 Å². The Balaban J connectivity index is 1.63. The maximum absolute atomic E-state index is 12.6. The monoisotopic (exact) mass is 292 g/mol. The van der Waals surface area contributed by atoms with Crippen molar-refractivity contribution in [2.45, 2.75) is 89.3 Å². The van der Waals surface area contributed by atoms with E-state index in [4.69, 9.17) is 0 Å². The first-order chi connectivity index (χ1) is 10.2. The quantitative estimate of drug-likeness (QED) is 0.810. The van der Waals surface area contributed by atoms with Crippen molar-refractivity contribution in [2.75, 3.05) is 0 Å². The average molecular weight is 292 g/mol. The van der Waals surface area contributed by atoms with E-state index in [-0.39, 0.29) is 23.9 Å². The molecule has 1 heterocycles. The summed E-state index contributed by atoms with van der Waals surface area (Å²) in [5, 5.41) is 3.54. The molecule has 4 nitrogen and oxygen atoms in total. The second kappa shape index (κ2) is 6.47. The molecule has 0 aromatic rings. The fraction of sp³-hybridized carbons (Fsp3) is 0.882. The van der Waals surface area contributed by atoms with Crippen molar-refractivity contribution in [3.8, 4) is 0 Å². The lowest BCUT2D eigenvalue weighted by Gasteiger charge is -2.33. The minimum Gasteiger partial charge on any atom is -0.302 e. The predicted octanol–water partition coefficient (Wildman–Crippen LogP) is 2.61.